The SMILES string of the molecule is Cc1nc(CN(C)C(=O)c2cccnc2Br)n[nH]1. The van der Waals surface area contributed by atoms with Crippen molar-refractivity contribution in [2.45, 2.75) is 13.5 Å². The Morgan fingerprint density at radius 3 is 2.94 bits per heavy atom. The van der Waals surface area contributed by atoms with Crippen LogP contribution in [-0.4, -0.2) is 38.0 Å². The van der Waals surface area contributed by atoms with Gasteiger partial charge in [-0.1, -0.05) is 0 Å². The van der Waals surface area contributed by atoms with Crippen molar-refractivity contribution in [1.82, 2.24) is 25.1 Å². The summed E-state index contributed by atoms with van der Waals surface area (Å²) in [6.07, 6.45) is 1.62. The lowest BCUT2D eigenvalue weighted by Crippen LogP contribution is -2.27. The van der Waals surface area contributed by atoms with E-state index in [1.165, 1.54) is 0 Å². The number of carbonyl (C=O) groups is 1. The van der Waals surface area contributed by atoms with Crippen LogP contribution in [0.1, 0.15) is 22.0 Å². The molecule has 2 rings (SSSR count). The molecule has 0 radical (unpaired) electrons. The molecule has 0 aliphatic heterocycles. The lowest BCUT2D eigenvalue weighted by molar-refractivity contribution is 0.0780. The summed E-state index contributed by atoms with van der Waals surface area (Å²) >= 11 is 3.26. The van der Waals surface area contributed by atoms with Crippen LogP contribution >= 0.6 is 15.9 Å². The molecule has 1 N–H and O–H groups in total. The van der Waals surface area contributed by atoms with Gasteiger partial charge in [0.15, 0.2) is 5.82 Å². The number of hydrogen-bond acceptors (Lipinski definition) is 4. The minimum atomic E-state index is -0.127. The molecule has 18 heavy (non-hydrogen) atoms. The van der Waals surface area contributed by atoms with Crippen molar-refractivity contribution in [3.05, 3.63) is 40.1 Å². The second-order valence-corrected chi connectivity index (χ2v) is 4.59. The van der Waals surface area contributed by atoms with Gasteiger partial charge in [-0.15, -0.1) is 0 Å². The fourth-order valence-electron chi connectivity index (χ4n) is 1.49. The Morgan fingerprint density at radius 2 is 2.33 bits per heavy atom. The molecular weight excluding hydrogens is 298 g/mol. The summed E-state index contributed by atoms with van der Waals surface area (Å²) in [5.74, 6) is 1.19. The zero-order valence-electron chi connectivity index (χ0n) is 10.0. The van der Waals surface area contributed by atoms with Crippen molar-refractivity contribution in [3.63, 3.8) is 0 Å². The third-order valence-corrected chi connectivity index (χ3v) is 2.99. The number of aryl methyl sites for hydroxylation is 1. The molecule has 0 bridgehead atoms. The molecular formula is C11H12BrN5O. The Kier molecular flexibility index (Phi) is 3.71. The van der Waals surface area contributed by atoms with E-state index in [2.05, 4.69) is 36.1 Å². The van der Waals surface area contributed by atoms with E-state index in [-0.39, 0.29) is 5.91 Å². The van der Waals surface area contributed by atoms with Gasteiger partial charge < -0.3 is 4.90 Å². The minimum absolute atomic E-state index is 0.127. The van der Waals surface area contributed by atoms with Crippen LogP contribution in [0.5, 0.6) is 0 Å². The van der Waals surface area contributed by atoms with Crippen molar-refractivity contribution in [2.75, 3.05) is 7.05 Å². The number of H-pyrrole nitrogens is 1. The van der Waals surface area contributed by atoms with E-state index in [0.717, 1.165) is 5.82 Å². The number of nitrogens with zero attached hydrogens (tertiary/aromatic N) is 4. The zero-order chi connectivity index (χ0) is 13.1. The number of hydrogen-bond donors (Lipinski definition) is 1. The highest BCUT2D eigenvalue weighted by atomic mass is 79.9. The van der Waals surface area contributed by atoms with Crippen molar-refractivity contribution in [2.24, 2.45) is 0 Å². The first-order chi connectivity index (χ1) is 8.58. The summed E-state index contributed by atoms with van der Waals surface area (Å²) in [5.41, 5.74) is 0.521. The van der Waals surface area contributed by atoms with Crippen LogP contribution in [0.3, 0.4) is 0 Å². The first-order valence-electron chi connectivity index (χ1n) is 5.32. The lowest BCUT2D eigenvalue weighted by atomic mass is 10.2. The fourth-order valence-corrected chi connectivity index (χ4v) is 1.91. The van der Waals surface area contributed by atoms with Crippen LogP contribution in [0.25, 0.3) is 0 Å². The summed E-state index contributed by atoms with van der Waals surface area (Å²) < 4.78 is 0.535. The second kappa shape index (κ2) is 5.26. The van der Waals surface area contributed by atoms with Gasteiger partial charge in [-0.25, -0.2) is 9.97 Å². The van der Waals surface area contributed by atoms with Crippen molar-refractivity contribution in [3.8, 4) is 0 Å². The highest BCUT2D eigenvalue weighted by Gasteiger charge is 2.16. The normalized spacial score (nSPS) is 10.4. The van der Waals surface area contributed by atoms with Gasteiger partial charge in [-0.3, -0.25) is 9.89 Å². The predicted molar refractivity (Wildman–Crippen MR) is 68.9 cm³/mol. The predicted octanol–water partition coefficient (Wildman–Crippen LogP) is 1.54. The average Bonchev–Trinajstić information content (AvgIpc) is 2.74. The molecule has 0 unspecified atom stereocenters. The second-order valence-electron chi connectivity index (χ2n) is 3.84. The molecule has 0 fully saturated rings. The number of halogens is 1. The first kappa shape index (κ1) is 12.7. The molecule has 94 valence electrons. The van der Waals surface area contributed by atoms with Crippen molar-refractivity contribution in [1.29, 1.82) is 0 Å². The minimum Gasteiger partial charge on any atom is -0.334 e. The number of aromatic nitrogens is 4. The molecule has 0 saturated carbocycles. The summed E-state index contributed by atoms with van der Waals surface area (Å²) in [4.78, 5) is 21.9. The van der Waals surface area contributed by atoms with E-state index < -0.39 is 0 Å². The van der Waals surface area contributed by atoms with Crippen LogP contribution in [-0.2, 0) is 6.54 Å². The van der Waals surface area contributed by atoms with E-state index in [9.17, 15) is 4.79 Å². The number of rotatable bonds is 3. The van der Waals surface area contributed by atoms with Crippen LogP contribution in [0, 0.1) is 6.92 Å². The number of pyridine rings is 1. The van der Waals surface area contributed by atoms with E-state index in [4.69, 9.17) is 0 Å². The molecule has 0 saturated heterocycles. The maximum Gasteiger partial charge on any atom is 0.256 e. The van der Waals surface area contributed by atoms with Gasteiger partial charge in [-0.2, -0.15) is 5.10 Å². The molecule has 0 aromatic carbocycles. The van der Waals surface area contributed by atoms with Crippen molar-refractivity contribution >= 4 is 21.8 Å². The summed E-state index contributed by atoms with van der Waals surface area (Å²) in [6, 6.07) is 3.45. The van der Waals surface area contributed by atoms with Crippen LogP contribution in [0.4, 0.5) is 0 Å². The molecule has 1 amide bonds. The Morgan fingerprint density at radius 1 is 1.56 bits per heavy atom. The van der Waals surface area contributed by atoms with Gasteiger partial charge in [0.25, 0.3) is 5.91 Å². The van der Waals surface area contributed by atoms with Crippen LogP contribution in [0.2, 0.25) is 0 Å². The topological polar surface area (TPSA) is 74.8 Å². The maximum absolute atomic E-state index is 12.2. The molecule has 7 heteroatoms. The highest BCUT2D eigenvalue weighted by molar-refractivity contribution is 9.10. The quantitative estimate of drug-likeness (QED) is 0.873. The van der Waals surface area contributed by atoms with Gasteiger partial charge in [0.2, 0.25) is 0 Å². The third-order valence-electron chi connectivity index (χ3n) is 2.36. The molecule has 6 nitrogen and oxygen atoms in total. The fraction of sp³-hybridized carbons (Fsp3) is 0.273. The van der Waals surface area contributed by atoms with Crippen LogP contribution < -0.4 is 0 Å². The highest BCUT2D eigenvalue weighted by Crippen LogP contribution is 2.15. The zero-order valence-corrected chi connectivity index (χ0v) is 11.6. The Labute approximate surface area is 113 Å². The number of amides is 1. The Hall–Kier alpha value is -1.76. The van der Waals surface area contributed by atoms with Crippen molar-refractivity contribution < 1.29 is 4.79 Å². The van der Waals surface area contributed by atoms with E-state index in [0.29, 0.717) is 22.5 Å². The van der Waals surface area contributed by atoms with E-state index in [1.54, 1.807) is 30.3 Å². The van der Waals surface area contributed by atoms with Gasteiger partial charge in [-0.05, 0) is 35.0 Å². The van der Waals surface area contributed by atoms with Gasteiger partial charge in [0.05, 0.1) is 12.1 Å². The standard InChI is InChI=1S/C11H12BrN5O/c1-7-14-9(16-15-7)6-17(2)11(18)8-4-3-5-13-10(8)12/h3-5H,6H2,1-2H3,(H,14,15,16). The van der Waals surface area contributed by atoms with Gasteiger partial charge >= 0.3 is 0 Å². The summed E-state index contributed by atoms with van der Waals surface area (Å²) in [7, 11) is 1.70. The molecule has 0 spiro atoms. The Balaban J connectivity index is 2.12. The number of carbonyl (C=O) groups excluding carboxylic acids is 1. The van der Waals surface area contributed by atoms with Crippen LogP contribution in [0.15, 0.2) is 22.9 Å². The van der Waals surface area contributed by atoms with E-state index >= 15 is 0 Å². The summed E-state index contributed by atoms with van der Waals surface area (Å²) in [6.45, 7) is 2.17. The first-order valence-corrected chi connectivity index (χ1v) is 6.11. The molecule has 0 aliphatic carbocycles. The number of aromatic amines is 1. The molecule has 0 aliphatic rings. The monoisotopic (exact) mass is 309 g/mol. The molecule has 2 aromatic heterocycles. The Bertz CT molecular complexity index is 568. The molecule has 2 heterocycles. The lowest BCUT2D eigenvalue weighted by Gasteiger charge is -2.15. The van der Waals surface area contributed by atoms with Gasteiger partial charge in [0, 0.05) is 13.2 Å². The summed E-state index contributed by atoms with van der Waals surface area (Å²) in [5, 5.41) is 6.74. The van der Waals surface area contributed by atoms with E-state index in [1.807, 2.05) is 6.92 Å². The molecule has 0 atom stereocenters. The van der Waals surface area contributed by atoms with Gasteiger partial charge in [0.1, 0.15) is 10.4 Å². The largest absolute Gasteiger partial charge is 0.334 e. The average molecular weight is 310 g/mol. The smallest absolute Gasteiger partial charge is 0.256 e. The maximum atomic E-state index is 12.2. The molecule has 2 aromatic rings. The third kappa shape index (κ3) is 2.73. The number of nitrogens with one attached hydrogen (secondary N) is 1.